The molecule has 2 aromatic rings. The van der Waals surface area contributed by atoms with Crippen molar-refractivity contribution in [2.45, 2.75) is 45.7 Å². The number of anilines is 1. The lowest BCUT2D eigenvalue weighted by Gasteiger charge is -2.25. The molecule has 0 aromatic carbocycles. The molecule has 28 heavy (non-hydrogen) atoms. The van der Waals surface area contributed by atoms with Crippen LogP contribution < -0.4 is 10.6 Å². The van der Waals surface area contributed by atoms with Crippen LogP contribution in [-0.2, 0) is 20.9 Å². The number of amides is 3. The quantitative estimate of drug-likeness (QED) is 0.725. The Kier molecular flexibility index (Phi) is 7.31. The maximum Gasteiger partial charge on any atom is 0.240 e. The van der Waals surface area contributed by atoms with Gasteiger partial charge in [0, 0.05) is 24.6 Å². The fraction of sp³-hybridized carbons (Fsp3) is 0.400. The maximum atomic E-state index is 12.6. The van der Waals surface area contributed by atoms with Crippen molar-refractivity contribution in [3.8, 4) is 0 Å². The molecule has 0 fully saturated rings. The zero-order chi connectivity index (χ0) is 20.6. The topological polar surface area (TPSA) is 105 Å². The first-order chi connectivity index (χ1) is 13.2. The highest BCUT2D eigenvalue weighted by atomic mass is 16.3. The number of rotatable bonds is 8. The molecule has 0 unspecified atom stereocenters. The standard InChI is InChI=1S/C20H26N4O4/c1-20(2,3)23-18(26)14-24(13-15-7-6-12-28-15)19(27)10-9-17(25)22-16-8-4-5-11-21-16/h4-8,11-12H,9-10,13-14H2,1-3H3,(H,23,26)(H,21,22,25). The maximum absolute atomic E-state index is 12.6. The van der Waals surface area contributed by atoms with Crippen molar-refractivity contribution in [2.75, 3.05) is 11.9 Å². The molecule has 2 aromatic heterocycles. The molecule has 3 amide bonds. The van der Waals surface area contributed by atoms with Gasteiger partial charge in [0.25, 0.3) is 0 Å². The average molecular weight is 386 g/mol. The summed E-state index contributed by atoms with van der Waals surface area (Å²) in [6.07, 6.45) is 3.04. The second-order valence-corrected chi connectivity index (χ2v) is 7.39. The summed E-state index contributed by atoms with van der Waals surface area (Å²) >= 11 is 0. The highest BCUT2D eigenvalue weighted by Crippen LogP contribution is 2.10. The van der Waals surface area contributed by atoms with Gasteiger partial charge in [0.05, 0.1) is 12.8 Å². The van der Waals surface area contributed by atoms with E-state index in [-0.39, 0.29) is 43.7 Å². The molecular formula is C20H26N4O4. The van der Waals surface area contributed by atoms with E-state index in [0.29, 0.717) is 11.6 Å². The van der Waals surface area contributed by atoms with E-state index < -0.39 is 5.54 Å². The van der Waals surface area contributed by atoms with Gasteiger partial charge in [-0.05, 0) is 45.0 Å². The van der Waals surface area contributed by atoms with Gasteiger partial charge in [-0.25, -0.2) is 4.98 Å². The molecule has 0 atom stereocenters. The Labute approximate surface area is 164 Å². The molecule has 8 nitrogen and oxygen atoms in total. The lowest BCUT2D eigenvalue weighted by Crippen LogP contribution is -2.47. The lowest BCUT2D eigenvalue weighted by molar-refractivity contribution is -0.138. The molecule has 0 aliphatic heterocycles. The van der Waals surface area contributed by atoms with Crippen LogP contribution in [0.1, 0.15) is 39.4 Å². The number of carbonyl (C=O) groups excluding carboxylic acids is 3. The van der Waals surface area contributed by atoms with Crippen LogP contribution in [0.5, 0.6) is 0 Å². The van der Waals surface area contributed by atoms with Crippen LogP contribution in [0.3, 0.4) is 0 Å². The normalized spacial score (nSPS) is 11.0. The van der Waals surface area contributed by atoms with E-state index >= 15 is 0 Å². The van der Waals surface area contributed by atoms with Gasteiger partial charge in [0.15, 0.2) is 0 Å². The van der Waals surface area contributed by atoms with Crippen LogP contribution in [0.4, 0.5) is 5.82 Å². The van der Waals surface area contributed by atoms with Gasteiger partial charge in [-0.15, -0.1) is 0 Å². The molecule has 2 rings (SSSR count). The highest BCUT2D eigenvalue weighted by Gasteiger charge is 2.22. The smallest absolute Gasteiger partial charge is 0.240 e. The third kappa shape index (κ3) is 7.61. The van der Waals surface area contributed by atoms with Gasteiger partial charge in [-0.3, -0.25) is 14.4 Å². The summed E-state index contributed by atoms with van der Waals surface area (Å²) < 4.78 is 5.29. The van der Waals surface area contributed by atoms with Crippen molar-refractivity contribution >= 4 is 23.5 Å². The third-order valence-corrected chi connectivity index (χ3v) is 3.63. The van der Waals surface area contributed by atoms with Crippen molar-refractivity contribution < 1.29 is 18.8 Å². The van der Waals surface area contributed by atoms with Crippen LogP contribution in [0.15, 0.2) is 47.2 Å². The van der Waals surface area contributed by atoms with E-state index in [1.807, 2.05) is 20.8 Å². The Morgan fingerprint density at radius 3 is 2.46 bits per heavy atom. The number of pyridine rings is 1. The first-order valence-electron chi connectivity index (χ1n) is 9.05. The van der Waals surface area contributed by atoms with Crippen molar-refractivity contribution in [3.05, 3.63) is 48.6 Å². The zero-order valence-corrected chi connectivity index (χ0v) is 16.4. The van der Waals surface area contributed by atoms with Crippen LogP contribution in [0, 0.1) is 0 Å². The third-order valence-electron chi connectivity index (χ3n) is 3.63. The van der Waals surface area contributed by atoms with E-state index in [2.05, 4.69) is 15.6 Å². The molecule has 0 spiro atoms. The largest absolute Gasteiger partial charge is 0.467 e. The van der Waals surface area contributed by atoms with Gasteiger partial charge < -0.3 is 20.0 Å². The number of hydrogen-bond donors (Lipinski definition) is 2. The van der Waals surface area contributed by atoms with E-state index in [9.17, 15) is 14.4 Å². The molecule has 0 bridgehead atoms. The van der Waals surface area contributed by atoms with Crippen molar-refractivity contribution in [3.63, 3.8) is 0 Å². The van der Waals surface area contributed by atoms with Crippen LogP contribution in [0.25, 0.3) is 0 Å². The van der Waals surface area contributed by atoms with E-state index in [1.54, 1.807) is 36.5 Å². The Morgan fingerprint density at radius 2 is 1.86 bits per heavy atom. The second-order valence-electron chi connectivity index (χ2n) is 7.39. The predicted octanol–water partition coefficient (Wildman–Crippen LogP) is 2.34. The van der Waals surface area contributed by atoms with E-state index in [0.717, 1.165) is 0 Å². The summed E-state index contributed by atoms with van der Waals surface area (Å²) in [4.78, 5) is 42.3. The summed E-state index contributed by atoms with van der Waals surface area (Å²) in [5.41, 5.74) is -0.404. The minimum absolute atomic E-state index is 0.00898. The molecule has 2 N–H and O–H groups in total. The summed E-state index contributed by atoms with van der Waals surface area (Å²) in [7, 11) is 0. The zero-order valence-electron chi connectivity index (χ0n) is 16.4. The second kappa shape index (κ2) is 9.68. The molecule has 8 heteroatoms. The predicted molar refractivity (Wildman–Crippen MR) is 104 cm³/mol. The first-order valence-corrected chi connectivity index (χ1v) is 9.05. The number of nitrogens with zero attached hydrogens (tertiary/aromatic N) is 2. The SMILES string of the molecule is CC(C)(C)NC(=O)CN(Cc1ccco1)C(=O)CCC(=O)Nc1ccccn1. The monoisotopic (exact) mass is 386 g/mol. The summed E-state index contributed by atoms with van der Waals surface area (Å²) in [5.74, 6) is 0.0953. The Bertz CT molecular complexity index is 782. The molecular weight excluding hydrogens is 360 g/mol. The Hall–Kier alpha value is -3.16. The summed E-state index contributed by atoms with van der Waals surface area (Å²) in [6, 6.07) is 8.62. The van der Waals surface area contributed by atoms with Crippen molar-refractivity contribution in [1.82, 2.24) is 15.2 Å². The number of furan rings is 1. The summed E-state index contributed by atoms with van der Waals surface area (Å²) in [5, 5.41) is 5.47. The minimum atomic E-state index is -0.404. The van der Waals surface area contributed by atoms with Gasteiger partial charge in [-0.2, -0.15) is 0 Å². The van der Waals surface area contributed by atoms with Crippen molar-refractivity contribution in [1.29, 1.82) is 0 Å². The fourth-order valence-corrected chi connectivity index (χ4v) is 2.47. The lowest BCUT2D eigenvalue weighted by atomic mass is 10.1. The van der Waals surface area contributed by atoms with Crippen molar-refractivity contribution in [2.24, 2.45) is 0 Å². The molecule has 2 heterocycles. The van der Waals surface area contributed by atoms with Gasteiger partial charge in [0.2, 0.25) is 17.7 Å². The van der Waals surface area contributed by atoms with Gasteiger partial charge >= 0.3 is 0 Å². The average Bonchev–Trinajstić information content (AvgIpc) is 3.11. The highest BCUT2D eigenvalue weighted by molar-refractivity contribution is 5.93. The summed E-state index contributed by atoms with van der Waals surface area (Å²) in [6.45, 7) is 5.65. The van der Waals surface area contributed by atoms with E-state index in [4.69, 9.17) is 4.42 Å². The molecule has 0 saturated heterocycles. The molecule has 0 aliphatic rings. The van der Waals surface area contributed by atoms with Gasteiger partial charge in [0.1, 0.15) is 18.1 Å². The Morgan fingerprint density at radius 1 is 1.07 bits per heavy atom. The number of carbonyl (C=O) groups is 3. The van der Waals surface area contributed by atoms with Crippen LogP contribution in [0.2, 0.25) is 0 Å². The Balaban J connectivity index is 1.93. The molecule has 0 radical (unpaired) electrons. The van der Waals surface area contributed by atoms with Crippen LogP contribution >= 0.6 is 0 Å². The minimum Gasteiger partial charge on any atom is -0.467 e. The number of nitrogens with one attached hydrogen (secondary N) is 2. The number of aromatic nitrogens is 1. The first kappa shape index (κ1) is 21.1. The molecule has 0 aliphatic carbocycles. The fourth-order valence-electron chi connectivity index (χ4n) is 2.47. The van der Waals surface area contributed by atoms with E-state index in [1.165, 1.54) is 11.2 Å². The number of hydrogen-bond acceptors (Lipinski definition) is 5. The molecule has 0 saturated carbocycles. The molecule has 150 valence electrons. The van der Waals surface area contributed by atoms with Gasteiger partial charge in [-0.1, -0.05) is 6.07 Å². The van der Waals surface area contributed by atoms with Crippen LogP contribution in [-0.4, -0.2) is 39.7 Å².